The molecule has 24 heavy (non-hydrogen) atoms. The normalized spacial score (nSPS) is 9.46. The van der Waals surface area contributed by atoms with Gasteiger partial charge in [0.05, 0.1) is 22.3 Å². The van der Waals surface area contributed by atoms with Crippen LogP contribution in [0.2, 0.25) is 0 Å². The number of nitrogens with zero attached hydrogens (tertiary/aromatic N) is 3. The maximum absolute atomic E-state index is 12.5. The quantitative estimate of drug-likeness (QED) is 0.436. The second-order valence-electron chi connectivity index (χ2n) is 4.53. The lowest BCUT2D eigenvalue weighted by Gasteiger charge is -2.12. The van der Waals surface area contributed by atoms with E-state index in [1.54, 1.807) is 12.1 Å². The van der Waals surface area contributed by atoms with E-state index in [1.807, 2.05) is 81.6 Å². The third-order valence-electron chi connectivity index (χ3n) is 3.13. The van der Waals surface area contributed by atoms with E-state index in [-0.39, 0.29) is 28.9 Å². The second kappa shape index (κ2) is 8.09. The fraction of sp³-hybridized carbons (Fsp3) is 0.0588. The van der Waals surface area contributed by atoms with Crippen molar-refractivity contribution in [3.8, 4) is 18.2 Å². The molecule has 0 saturated carbocycles. The molecule has 0 aliphatic carbocycles. The fourth-order valence-corrected chi connectivity index (χ4v) is 3.33. The molecule has 2 aromatic rings. The number of benzene rings is 2. The first-order chi connectivity index (χ1) is 11.5. The Bertz CT molecular complexity index is 936. The van der Waals surface area contributed by atoms with Gasteiger partial charge in [-0.2, -0.15) is 15.8 Å². The maximum atomic E-state index is 12.5. The lowest BCUT2D eigenvalue weighted by Crippen LogP contribution is -2.14. The lowest BCUT2D eigenvalue weighted by atomic mass is 9.97. The van der Waals surface area contributed by atoms with Crippen LogP contribution in [0, 0.1) is 41.1 Å². The van der Waals surface area contributed by atoms with Gasteiger partial charge in [0.25, 0.3) is 0 Å². The fourth-order valence-electron chi connectivity index (χ4n) is 2.01. The molecule has 5 nitrogen and oxygen atoms in total. The van der Waals surface area contributed by atoms with Gasteiger partial charge in [0, 0.05) is 7.14 Å². The topological polar surface area (TPSA) is 97.7 Å². The molecule has 0 saturated heterocycles. The molecule has 0 amide bonds. The van der Waals surface area contributed by atoms with E-state index >= 15 is 0 Å². The summed E-state index contributed by atoms with van der Waals surface area (Å²) < 4.78 is 6.17. The number of carbonyl (C=O) groups excluding carboxylic acids is 1. The molecule has 0 heterocycles. The van der Waals surface area contributed by atoms with Gasteiger partial charge in [0.1, 0.15) is 24.8 Å². The average Bonchev–Trinajstić information content (AvgIpc) is 2.62. The molecular formula is C17H7I2N3O2. The van der Waals surface area contributed by atoms with Crippen LogP contribution in [-0.4, -0.2) is 5.97 Å². The molecule has 0 atom stereocenters. The first-order valence-corrected chi connectivity index (χ1v) is 8.67. The van der Waals surface area contributed by atoms with Crippen molar-refractivity contribution in [3.63, 3.8) is 0 Å². The van der Waals surface area contributed by atoms with Crippen LogP contribution in [0.3, 0.4) is 0 Å². The van der Waals surface area contributed by atoms with Gasteiger partial charge >= 0.3 is 5.97 Å². The zero-order valence-corrected chi connectivity index (χ0v) is 16.3. The van der Waals surface area contributed by atoms with Crippen LogP contribution in [0.25, 0.3) is 0 Å². The average molecular weight is 539 g/mol. The molecule has 7 heteroatoms. The SMILES string of the molecule is N#Cc1c(I)c(I)c(C#N)c(C(=O)OCc2ccccc2)c1C#N. The van der Waals surface area contributed by atoms with Crippen LogP contribution in [0.4, 0.5) is 0 Å². The van der Waals surface area contributed by atoms with E-state index < -0.39 is 5.97 Å². The highest BCUT2D eigenvalue weighted by atomic mass is 127. The molecule has 2 rings (SSSR count). The highest BCUT2D eigenvalue weighted by molar-refractivity contribution is 14.1. The van der Waals surface area contributed by atoms with Crippen molar-refractivity contribution in [2.24, 2.45) is 0 Å². The number of carbonyl (C=O) groups is 1. The van der Waals surface area contributed by atoms with Crippen LogP contribution in [0.5, 0.6) is 0 Å². The van der Waals surface area contributed by atoms with E-state index in [1.165, 1.54) is 0 Å². The largest absolute Gasteiger partial charge is 0.457 e. The monoisotopic (exact) mass is 539 g/mol. The van der Waals surface area contributed by atoms with E-state index in [9.17, 15) is 20.6 Å². The molecule has 0 bridgehead atoms. The van der Waals surface area contributed by atoms with Crippen molar-refractivity contribution in [2.45, 2.75) is 6.61 Å². The van der Waals surface area contributed by atoms with Crippen LogP contribution >= 0.6 is 45.2 Å². The zero-order chi connectivity index (χ0) is 17.7. The predicted molar refractivity (Wildman–Crippen MR) is 102 cm³/mol. The first kappa shape index (κ1) is 18.2. The number of halogens is 2. The van der Waals surface area contributed by atoms with E-state index in [4.69, 9.17) is 4.74 Å². The minimum absolute atomic E-state index is 0.0138. The van der Waals surface area contributed by atoms with Crippen molar-refractivity contribution in [1.82, 2.24) is 0 Å². The third kappa shape index (κ3) is 3.50. The summed E-state index contributed by atoms with van der Waals surface area (Å²) in [5.74, 6) is -0.794. The molecular weight excluding hydrogens is 532 g/mol. The molecule has 0 aliphatic rings. The number of nitriles is 3. The van der Waals surface area contributed by atoms with Gasteiger partial charge in [-0.15, -0.1) is 0 Å². The van der Waals surface area contributed by atoms with E-state index in [2.05, 4.69) is 0 Å². The second-order valence-corrected chi connectivity index (χ2v) is 6.68. The number of esters is 1. The maximum Gasteiger partial charge on any atom is 0.341 e. The predicted octanol–water partition coefficient (Wildman–Crippen LogP) is 3.87. The summed E-state index contributed by atoms with van der Waals surface area (Å²) in [5, 5.41) is 28.0. The van der Waals surface area contributed by atoms with Gasteiger partial charge in [-0.05, 0) is 50.7 Å². The third-order valence-corrected chi connectivity index (χ3v) is 6.32. The van der Waals surface area contributed by atoms with Crippen molar-refractivity contribution in [2.75, 3.05) is 0 Å². The first-order valence-electron chi connectivity index (χ1n) is 6.51. The molecule has 0 spiro atoms. The van der Waals surface area contributed by atoms with Crippen LogP contribution in [0.1, 0.15) is 32.6 Å². The molecule has 116 valence electrons. The van der Waals surface area contributed by atoms with Crippen molar-refractivity contribution in [1.29, 1.82) is 15.8 Å². The Balaban J connectivity index is 2.51. The van der Waals surface area contributed by atoms with Crippen molar-refractivity contribution >= 4 is 51.2 Å². The Morgan fingerprint density at radius 2 is 1.46 bits per heavy atom. The zero-order valence-electron chi connectivity index (χ0n) is 12.0. The van der Waals surface area contributed by atoms with E-state index in [0.29, 0.717) is 7.14 Å². The molecule has 0 aliphatic heterocycles. The van der Waals surface area contributed by atoms with Crippen molar-refractivity contribution in [3.05, 3.63) is 65.3 Å². The Labute approximate surface area is 165 Å². The summed E-state index contributed by atoms with van der Waals surface area (Å²) in [6.45, 7) is 0.0138. The summed E-state index contributed by atoms with van der Waals surface area (Å²) in [5.41, 5.74) is 0.625. The summed E-state index contributed by atoms with van der Waals surface area (Å²) in [4.78, 5) is 12.5. The smallest absolute Gasteiger partial charge is 0.341 e. The minimum atomic E-state index is -0.794. The molecule has 0 radical (unpaired) electrons. The standard InChI is InChI=1S/C17H7I2N3O2/c18-15-12(7-21)11(6-20)14(13(8-22)16(15)19)17(23)24-9-10-4-2-1-3-5-10/h1-5H,9H2. The molecule has 0 fully saturated rings. The van der Waals surface area contributed by atoms with Gasteiger partial charge in [0.15, 0.2) is 0 Å². The lowest BCUT2D eigenvalue weighted by molar-refractivity contribution is 0.0472. The van der Waals surface area contributed by atoms with Gasteiger partial charge < -0.3 is 4.74 Å². The van der Waals surface area contributed by atoms with Gasteiger partial charge in [0.2, 0.25) is 0 Å². The van der Waals surface area contributed by atoms with E-state index in [0.717, 1.165) is 5.56 Å². The number of hydrogen-bond donors (Lipinski definition) is 0. The Morgan fingerprint density at radius 3 is 2.00 bits per heavy atom. The summed E-state index contributed by atoms with van der Waals surface area (Å²) in [7, 11) is 0. The van der Waals surface area contributed by atoms with Crippen LogP contribution in [-0.2, 0) is 11.3 Å². The molecule has 0 aromatic heterocycles. The minimum Gasteiger partial charge on any atom is -0.457 e. The Morgan fingerprint density at radius 1 is 0.917 bits per heavy atom. The number of rotatable bonds is 3. The van der Waals surface area contributed by atoms with Crippen LogP contribution in [0.15, 0.2) is 30.3 Å². The summed E-state index contributed by atoms with van der Waals surface area (Å²) in [6.07, 6.45) is 0. The number of ether oxygens (including phenoxy) is 1. The van der Waals surface area contributed by atoms with Crippen molar-refractivity contribution < 1.29 is 9.53 Å². The molecule has 0 N–H and O–H groups in total. The highest BCUT2D eigenvalue weighted by Gasteiger charge is 2.27. The van der Waals surface area contributed by atoms with Crippen LogP contribution < -0.4 is 0 Å². The van der Waals surface area contributed by atoms with Gasteiger partial charge in [-0.25, -0.2) is 4.79 Å². The molecule has 0 unspecified atom stereocenters. The summed E-state index contributed by atoms with van der Waals surface area (Å²) >= 11 is 3.78. The Hall–Kier alpha value is -2.16. The number of hydrogen-bond acceptors (Lipinski definition) is 5. The molecule has 2 aromatic carbocycles. The summed E-state index contributed by atoms with van der Waals surface area (Å²) in [6, 6.07) is 14.8. The van der Waals surface area contributed by atoms with Gasteiger partial charge in [-0.3, -0.25) is 0 Å². The van der Waals surface area contributed by atoms with Gasteiger partial charge in [-0.1, -0.05) is 30.3 Å². The Kier molecular flexibility index (Phi) is 6.13. The highest BCUT2D eigenvalue weighted by Crippen LogP contribution is 2.30.